The molecule has 0 radical (unpaired) electrons. The molecule has 1 heterocycles. The van der Waals surface area contributed by atoms with E-state index >= 15 is 0 Å². The number of aromatic hydroxyl groups is 1. The Hall–Kier alpha value is -2.30. The van der Waals surface area contributed by atoms with E-state index in [2.05, 4.69) is 5.16 Å². The third kappa shape index (κ3) is 2.66. The summed E-state index contributed by atoms with van der Waals surface area (Å²) in [6, 6.07) is 6.84. The molecule has 0 aliphatic rings. The lowest BCUT2D eigenvalue weighted by atomic mass is 10.0. The van der Waals surface area contributed by atoms with Gasteiger partial charge in [-0.05, 0) is 25.5 Å². The average Bonchev–Trinajstić information content (AvgIpc) is 2.44. The van der Waals surface area contributed by atoms with E-state index in [9.17, 15) is 9.90 Å². The fraction of sp³-hybridized carbons (Fsp3) is 0.333. The molecule has 0 fully saturated rings. The summed E-state index contributed by atoms with van der Waals surface area (Å²) in [7, 11) is 0. The molecule has 20 heavy (non-hydrogen) atoms. The molecule has 1 N–H and O–H groups in total. The molecule has 2 aromatic rings. The Morgan fingerprint density at radius 1 is 1.35 bits per heavy atom. The van der Waals surface area contributed by atoms with E-state index in [4.69, 9.17) is 9.25 Å². The second-order valence-electron chi connectivity index (χ2n) is 4.32. The Bertz CT molecular complexity index is 688. The van der Waals surface area contributed by atoms with Crippen molar-refractivity contribution in [3.8, 4) is 5.75 Å². The fourth-order valence-electron chi connectivity index (χ4n) is 1.98. The van der Waals surface area contributed by atoms with Gasteiger partial charge in [-0.25, -0.2) is 4.79 Å². The zero-order chi connectivity index (χ0) is 14.5. The van der Waals surface area contributed by atoms with Crippen molar-refractivity contribution in [1.29, 1.82) is 0 Å². The van der Waals surface area contributed by atoms with Gasteiger partial charge in [-0.15, -0.1) is 0 Å². The van der Waals surface area contributed by atoms with E-state index in [-0.39, 0.29) is 11.3 Å². The molecule has 0 saturated heterocycles. The number of benzene rings is 1. The lowest BCUT2D eigenvalue weighted by molar-refractivity contribution is 0.158. The summed E-state index contributed by atoms with van der Waals surface area (Å²) < 4.78 is 5.23. The van der Waals surface area contributed by atoms with Gasteiger partial charge in [-0.1, -0.05) is 30.6 Å². The van der Waals surface area contributed by atoms with Gasteiger partial charge in [0.1, 0.15) is 23.5 Å². The number of fused-ring (bicyclic) bond motifs is 1. The van der Waals surface area contributed by atoms with Crippen molar-refractivity contribution >= 4 is 16.7 Å². The van der Waals surface area contributed by atoms with Crippen LogP contribution >= 0.6 is 0 Å². The van der Waals surface area contributed by atoms with Crippen LogP contribution in [0, 0.1) is 0 Å². The second-order valence-corrected chi connectivity index (χ2v) is 4.32. The Labute approximate surface area is 116 Å². The van der Waals surface area contributed by atoms with Crippen LogP contribution in [0.15, 0.2) is 38.6 Å². The smallest absolute Gasteiger partial charge is 0.349 e. The topological polar surface area (TPSA) is 72.0 Å². The molecule has 106 valence electrons. The summed E-state index contributed by atoms with van der Waals surface area (Å²) in [6.07, 6.45) is 1.30. The third-order valence-electron chi connectivity index (χ3n) is 2.86. The summed E-state index contributed by atoms with van der Waals surface area (Å²) in [4.78, 5) is 17.1. The van der Waals surface area contributed by atoms with Crippen molar-refractivity contribution in [3.63, 3.8) is 0 Å². The molecule has 0 saturated carbocycles. The van der Waals surface area contributed by atoms with Crippen LogP contribution in [0.4, 0.5) is 0 Å². The van der Waals surface area contributed by atoms with E-state index in [0.29, 0.717) is 29.7 Å². The summed E-state index contributed by atoms with van der Waals surface area (Å²) in [5.41, 5.74) is 0.240. The molecule has 0 bridgehead atoms. The van der Waals surface area contributed by atoms with Crippen LogP contribution in [0.25, 0.3) is 11.0 Å². The number of para-hydroxylation sites is 1. The number of hydrogen-bond donors (Lipinski definition) is 1. The lowest BCUT2D eigenvalue weighted by Gasteiger charge is -2.08. The molecular formula is C15H17NO4. The predicted octanol–water partition coefficient (Wildman–Crippen LogP) is 3.04. The van der Waals surface area contributed by atoms with Gasteiger partial charge in [0.2, 0.25) is 0 Å². The van der Waals surface area contributed by atoms with Crippen LogP contribution in [0.5, 0.6) is 5.75 Å². The standard InChI is InChI=1S/C15H17NO4/c1-3-7-11(16-19-4-2)13-14(17)10-8-5-6-9-12(10)20-15(13)18/h5-6,8-9,17H,3-4,7H2,1-2H3/b16-11+. The maximum Gasteiger partial charge on any atom is 0.349 e. The monoisotopic (exact) mass is 275 g/mol. The van der Waals surface area contributed by atoms with Gasteiger partial charge >= 0.3 is 5.63 Å². The summed E-state index contributed by atoms with van der Waals surface area (Å²) in [6.45, 7) is 4.16. The highest BCUT2D eigenvalue weighted by Gasteiger charge is 2.19. The Morgan fingerprint density at radius 3 is 2.80 bits per heavy atom. The lowest BCUT2D eigenvalue weighted by Crippen LogP contribution is -2.15. The molecule has 0 unspecified atom stereocenters. The number of hydrogen-bond acceptors (Lipinski definition) is 5. The van der Waals surface area contributed by atoms with Crippen LogP contribution in [0.1, 0.15) is 32.3 Å². The molecule has 0 amide bonds. The highest BCUT2D eigenvalue weighted by Crippen LogP contribution is 2.27. The summed E-state index contributed by atoms with van der Waals surface area (Å²) >= 11 is 0. The SMILES string of the molecule is CCC/C(=N\OCC)c1c(O)c2ccccc2oc1=O. The normalized spacial score (nSPS) is 11.8. The maximum absolute atomic E-state index is 12.1. The largest absolute Gasteiger partial charge is 0.506 e. The molecule has 0 atom stereocenters. The van der Waals surface area contributed by atoms with E-state index < -0.39 is 5.63 Å². The number of oxime groups is 1. The van der Waals surface area contributed by atoms with Gasteiger partial charge in [0.15, 0.2) is 0 Å². The Morgan fingerprint density at radius 2 is 2.10 bits per heavy atom. The van der Waals surface area contributed by atoms with Crippen LogP contribution in [-0.4, -0.2) is 17.4 Å². The third-order valence-corrected chi connectivity index (χ3v) is 2.86. The first-order chi connectivity index (χ1) is 9.69. The number of rotatable bonds is 5. The average molecular weight is 275 g/mol. The molecule has 5 heteroatoms. The van der Waals surface area contributed by atoms with E-state index in [0.717, 1.165) is 6.42 Å². The second kappa shape index (κ2) is 6.23. The molecule has 0 spiro atoms. The quantitative estimate of drug-likeness (QED) is 0.517. The first kappa shape index (κ1) is 14.1. The number of nitrogens with zero attached hydrogens (tertiary/aromatic N) is 1. The van der Waals surface area contributed by atoms with Gasteiger partial charge in [0, 0.05) is 0 Å². The molecule has 2 rings (SSSR count). The van der Waals surface area contributed by atoms with Crippen LogP contribution in [0.3, 0.4) is 0 Å². The molecular weight excluding hydrogens is 258 g/mol. The minimum absolute atomic E-state index is 0.0824. The zero-order valence-electron chi connectivity index (χ0n) is 11.5. The predicted molar refractivity (Wildman–Crippen MR) is 77.2 cm³/mol. The van der Waals surface area contributed by atoms with E-state index in [1.807, 2.05) is 6.92 Å². The van der Waals surface area contributed by atoms with Crippen molar-refractivity contribution < 1.29 is 14.4 Å². The van der Waals surface area contributed by atoms with Gasteiger partial charge in [0.05, 0.1) is 11.1 Å². The molecule has 0 aliphatic heterocycles. The summed E-state index contributed by atoms with van der Waals surface area (Å²) in [5, 5.41) is 14.7. The van der Waals surface area contributed by atoms with Gasteiger partial charge < -0.3 is 14.4 Å². The molecule has 1 aromatic heterocycles. The van der Waals surface area contributed by atoms with Crippen molar-refractivity contribution in [2.24, 2.45) is 5.16 Å². The minimum atomic E-state index is -0.604. The minimum Gasteiger partial charge on any atom is -0.506 e. The Balaban J connectivity index is 2.65. The Kier molecular flexibility index (Phi) is 4.40. The van der Waals surface area contributed by atoms with Gasteiger partial charge in [-0.3, -0.25) is 0 Å². The maximum atomic E-state index is 12.1. The van der Waals surface area contributed by atoms with Crippen LogP contribution in [0.2, 0.25) is 0 Å². The van der Waals surface area contributed by atoms with Crippen molar-refractivity contribution in [2.75, 3.05) is 6.61 Å². The molecule has 5 nitrogen and oxygen atoms in total. The van der Waals surface area contributed by atoms with Gasteiger partial charge in [0.25, 0.3) is 0 Å². The first-order valence-electron chi connectivity index (χ1n) is 6.63. The van der Waals surface area contributed by atoms with Gasteiger partial charge in [-0.2, -0.15) is 0 Å². The van der Waals surface area contributed by atoms with Crippen molar-refractivity contribution in [1.82, 2.24) is 0 Å². The molecule has 1 aromatic carbocycles. The van der Waals surface area contributed by atoms with Crippen molar-refractivity contribution in [2.45, 2.75) is 26.7 Å². The zero-order valence-corrected chi connectivity index (χ0v) is 11.5. The molecule has 0 aliphatic carbocycles. The highest BCUT2D eigenvalue weighted by molar-refractivity contribution is 6.05. The highest BCUT2D eigenvalue weighted by atomic mass is 16.6. The fourth-order valence-corrected chi connectivity index (χ4v) is 1.98. The van der Waals surface area contributed by atoms with Crippen molar-refractivity contribution in [3.05, 3.63) is 40.2 Å². The first-order valence-corrected chi connectivity index (χ1v) is 6.63. The van der Waals surface area contributed by atoms with Crippen LogP contribution < -0.4 is 5.63 Å². The van der Waals surface area contributed by atoms with E-state index in [1.165, 1.54) is 0 Å². The summed E-state index contributed by atoms with van der Waals surface area (Å²) in [5.74, 6) is -0.108. The van der Waals surface area contributed by atoms with Crippen LogP contribution in [-0.2, 0) is 4.84 Å². The van der Waals surface area contributed by atoms with E-state index in [1.54, 1.807) is 31.2 Å².